The number of amidine groups is 1. The number of likely N-dealkylation sites (tertiary alicyclic amines) is 2. The number of nitrogens with one attached hydrogen (secondary N) is 1. The average Bonchev–Trinajstić information content (AvgIpc) is 3.77. The van der Waals surface area contributed by atoms with E-state index in [1.54, 1.807) is 36.4 Å². The molecule has 1 saturated carbocycles. The van der Waals surface area contributed by atoms with Crippen molar-refractivity contribution in [1.82, 2.24) is 20.1 Å². The summed E-state index contributed by atoms with van der Waals surface area (Å²) in [6, 6.07) is 1.52. The van der Waals surface area contributed by atoms with Crippen molar-refractivity contribution >= 4 is 35.0 Å². The molecule has 0 bridgehead atoms. The highest BCUT2D eigenvalue weighted by molar-refractivity contribution is 7.11. The molecule has 0 radical (unpaired) electrons. The molecule has 1 aliphatic carbocycles. The Bertz CT molecular complexity index is 1570. The van der Waals surface area contributed by atoms with E-state index in [4.69, 9.17) is 9.73 Å². The van der Waals surface area contributed by atoms with Gasteiger partial charge in [0.05, 0.1) is 24.6 Å². The van der Waals surface area contributed by atoms with E-state index in [9.17, 15) is 23.9 Å². The van der Waals surface area contributed by atoms with Gasteiger partial charge in [0.2, 0.25) is 5.91 Å². The van der Waals surface area contributed by atoms with Crippen LogP contribution in [-0.4, -0.2) is 87.8 Å². The lowest BCUT2D eigenvalue weighted by Crippen LogP contribution is -2.50. The Morgan fingerprint density at radius 1 is 1.15 bits per heavy atom. The first kappa shape index (κ1) is 32.2. The number of halogens is 3. The molecule has 2 N–H and O–H groups in total. The number of alkyl halides is 2. The maximum absolute atomic E-state index is 15.8. The molecule has 0 spiro atoms. The van der Waals surface area contributed by atoms with E-state index in [0.29, 0.717) is 59.8 Å². The van der Waals surface area contributed by atoms with E-state index in [0.717, 1.165) is 0 Å². The summed E-state index contributed by atoms with van der Waals surface area (Å²) >= 11 is 1.30. The topological polar surface area (TPSA) is 124 Å². The molecular weight excluding hydrogens is 623 g/mol. The predicted molar refractivity (Wildman–Crippen MR) is 163 cm³/mol. The van der Waals surface area contributed by atoms with Crippen molar-refractivity contribution in [1.29, 1.82) is 0 Å². The first-order valence-electron chi connectivity index (χ1n) is 15.5. The zero-order chi connectivity index (χ0) is 32.7. The van der Waals surface area contributed by atoms with Crippen molar-refractivity contribution in [2.75, 3.05) is 26.2 Å². The summed E-state index contributed by atoms with van der Waals surface area (Å²) in [5, 5.41) is 14.8. The van der Waals surface area contributed by atoms with Crippen molar-refractivity contribution in [2.24, 2.45) is 16.8 Å². The molecule has 4 aliphatic rings. The lowest BCUT2D eigenvalue weighted by Gasteiger charge is -2.33. The first-order valence-corrected chi connectivity index (χ1v) is 16.4. The minimum absolute atomic E-state index is 0.0610. The maximum atomic E-state index is 15.8. The lowest BCUT2D eigenvalue weighted by molar-refractivity contribution is -0.148. The largest absolute Gasteiger partial charge is 0.481 e. The smallest absolute Gasteiger partial charge is 0.338 e. The Balaban J connectivity index is 1.32. The molecule has 6 rings (SSSR count). The van der Waals surface area contributed by atoms with Gasteiger partial charge in [-0.15, -0.1) is 11.3 Å². The summed E-state index contributed by atoms with van der Waals surface area (Å²) in [6.45, 7) is 2.75. The number of ether oxygens (including phenoxy) is 1. The summed E-state index contributed by atoms with van der Waals surface area (Å²) in [5.74, 6) is -6.29. The number of rotatable bonds is 8. The van der Waals surface area contributed by atoms with E-state index >= 15 is 8.78 Å². The number of amides is 1. The van der Waals surface area contributed by atoms with Crippen LogP contribution in [-0.2, 0) is 19.1 Å². The minimum Gasteiger partial charge on any atom is -0.481 e. The van der Waals surface area contributed by atoms with Crippen LogP contribution in [0.5, 0.6) is 0 Å². The highest BCUT2D eigenvalue weighted by atomic mass is 32.1. The summed E-state index contributed by atoms with van der Waals surface area (Å²) in [4.78, 5) is 50.5. The maximum Gasteiger partial charge on any atom is 0.338 e. The molecule has 1 aromatic carbocycles. The van der Waals surface area contributed by atoms with Gasteiger partial charge in [-0.05, 0) is 63.1 Å². The monoisotopic (exact) mass is 659 g/mol. The minimum atomic E-state index is -3.22. The third-order valence-corrected chi connectivity index (χ3v) is 10.4. The Morgan fingerprint density at radius 3 is 2.57 bits per heavy atom. The number of aliphatic imine (C=N–C) groups is 1. The number of aromatic nitrogens is 1. The first-order chi connectivity index (χ1) is 22.0. The second-order valence-electron chi connectivity index (χ2n) is 12.3. The molecule has 2 aromatic rings. The molecular formula is C32H36F3N5O5S. The molecule has 1 aromatic heterocycles. The molecule has 46 heavy (non-hydrogen) atoms. The fourth-order valence-electron chi connectivity index (χ4n) is 7.36. The van der Waals surface area contributed by atoms with Gasteiger partial charge in [-0.3, -0.25) is 19.5 Å². The summed E-state index contributed by atoms with van der Waals surface area (Å²) < 4.78 is 51.9. The van der Waals surface area contributed by atoms with Crippen LogP contribution in [0.1, 0.15) is 61.2 Å². The van der Waals surface area contributed by atoms with E-state index in [1.165, 1.54) is 28.4 Å². The number of fused-ring (bicyclic) bond motifs is 1. The van der Waals surface area contributed by atoms with E-state index < -0.39 is 60.2 Å². The summed E-state index contributed by atoms with van der Waals surface area (Å²) in [6.07, 6.45) is 3.33. The number of thiazole rings is 1. The number of benzene rings is 1. The van der Waals surface area contributed by atoms with Gasteiger partial charge in [0, 0.05) is 42.3 Å². The SMILES string of the molecule is CCOC(=O)C1=C(CN2CC(F)(F)[C@H]3[C@@H]2CCN3C(=O)C2CCC(C(=O)O)CC2)NC(c2nccs2)=N[C@H]1c1cccc(F)c1C. The average molecular weight is 660 g/mol. The number of carbonyl (C=O) groups excluding carboxylic acids is 2. The molecule has 2 saturated heterocycles. The quantitative estimate of drug-likeness (QED) is 0.402. The second-order valence-corrected chi connectivity index (χ2v) is 13.2. The van der Waals surface area contributed by atoms with Gasteiger partial charge >= 0.3 is 11.9 Å². The Hall–Kier alpha value is -3.78. The van der Waals surface area contributed by atoms with Crippen molar-refractivity contribution in [3.63, 3.8) is 0 Å². The lowest BCUT2D eigenvalue weighted by atomic mass is 9.81. The normalized spacial score (nSPS) is 27.6. The highest BCUT2D eigenvalue weighted by Crippen LogP contribution is 2.44. The van der Waals surface area contributed by atoms with E-state index in [1.807, 2.05) is 0 Å². The number of carboxylic acid groups (broad SMARTS) is 1. The molecule has 3 atom stereocenters. The molecule has 246 valence electrons. The number of nitrogens with zero attached hydrogens (tertiary/aromatic N) is 4. The van der Waals surface area contributed by atoms with Gasteiger partial charge in [-0.2, -0.15) is 0 Å². The molecule has 3 fully saturated rings. The second kappa shape index (κ2) is 12.8. The van der Waals surface area contributed by atoms with Gasteiger partial charge < -0.3 is 20.1 Å². The number of carbonyl (C=O) groups is 3. The van der Waals surface area contributed by atoms with Crippen LogP contribution < -0.4 is 5.32 Å². The van der Waals surface area contributed by atoms with Crippen LogP contribution in [0.2, 0.25) is 0 Å². The van der Waals surface area contributed by atoms with Gasteiger partial charge in [0.1, 0.15) is 17.9 Å². The zero-order valence-corrected chi connectivity index (χ0v) is 26.4. The summed E-state index contributed by atoms with van der Waals surface area (Å²) in [7, 11) is 0. The molecule has 4 heterocycles. The van der Waals surface area contributed by atoms with Crippen LogP contribution >= 0.6 is 11.3 Å². The van der Waals surface area contributed by atoms with Crippen molar-refractivity contribution in [3.05, 3.63) is 63.0 Å². The van der Waals surface area contributed by atoms with Crippen LogP contribution in [0.4, 0.5) is 13.2 Å². The van der Waals surface area contributed by atoms with Gasteiger partial charge in [0.25, 0.3) is 5.92 Å². The highest BCUT2D eigenvalue weighted by Gasteiger charge is 2.61. The van der Waals surface area contributed by atoms with E-state index in [-0.39, 0.29) is 31.2 Å². The van der Waals surface area contributed by atoms with Gasteiger partial charge in [-0.25, -0.2) is 22.9 Å². The van der Waals surface area contributed by atoms with Crippen LogP contribution in [0.15, 0.2) is 46.0 Å². The summed E-state index contributed by atoms with van der Waals surface area (Å²) in [5.41, 5.74) is 1.15. The zero-order valence-electron chi connectivity index (χ0n) is 25.5. The molecule has 3 aliphatic heterocycles. The number of carboxylic acids is 1. The predicted octanol–water partition coefficient (Wildman–Crippen LogP) is 4.31. The third kappa shape index (κ3) is 5.92. The number of hydrogen-bond donors (Lipinski definition) is 2. The van der Waals surface area contributed by atoms with Crippen LogP contribution in [0.25, 0.3) is 0 Å². The van der Waals surface area contributed by atoms with Crippen molar-refractivity contribution < 1.29 is 37.4 Å². The van der Waals surface area contributed by atoms with Crippen LogP contribution in [0, 0.1) is 24.6 Å². The Labute approximate surface area is 268 Å². The van der Waals surface area contributed by atoms with Crippen molar-refractivity contribution in [2.45, 2.75) is 70.0 Å². The van der Waals surface area contributed by atoms with Gasteiger partial charge in [0.15, 0.2) is 10.8 Å². The fourth-order valence-corrected chi connectivity index (χ4v) is 7.95. The van der Waals surface area contributed by atoms with Crippen LogP contribution in [0.3, 0.4) is 0 Å². The Morgan fingerprint density at radius 2 is 1.89 bits per heavy atom. The fraction of sp³-hybridized carbons (Fsp3) is 0.531. The standard InChI is InChI=1S/C32H36F3N5O5S/c1-3-45-31(44)24-22(37-27(28-36-12-14-46-28)38-25(24)20-5-4-6-21(33)17(20)2)15-39-16-32(34,35)26-23(39)11-13-40(26)29(41)18-7-9-19(10-8-18)30(42)43/h4-6,12,14,18-19,23,25-26H,3,7-11,13,15-16H2,1-2H3,(H,37,38)(H,42,43)/t18?,19?,23-,25-,26+/m0/s1. The number of aliphatic carboxylic acids is 1. The van der Waals surface area contributed by atoms with Crippen molar-refractivity contribution in [3.8, 4) is 0 Å². The van der Waals surface area contributed by atoms with E-state index in [2.05, 4.69) is 10.3 Å². The third-order valence-electron chi connectivity index (χ3n) is 9.61. The molecule has 1 amide bonds. The molecule has 14 heteroatoms. The molecule has 10 nitrogen and oxygen atoms in total. The number of hydrogen-bond acceptors (Lipinski definition) is 9. The Kier molecular flexibility index (Phi) is 8.94. The molecule has 0 unspecified atom stereocenters. The van der Waals surface area contributed by atoms with Gasteiger partial charge in [-0.1, -0.05) is 12.1 Å². The number of esters is 1.